The Labute approximate surface area is 109 Å². The van der Waals surface area contributed by atoms with Crippen molar-refractivity contribution in [3.8, 4) is 0 Å². The van der Waals surface area contributed by atoms with E-state index < -0.39 is 6.17 Å². The van der Waals surface area contributed by atoms with E-state index in [-0.39, 0.29) is 5.41 Å². The quantitative estimate of drug-likeness (QED) is 0.470. The number of halogens is 1. The van der Waals surface area contributed by atoms with E-state index in [2.05, 4.69) is 34.3 Å². The summed E-state index contributed by atoms with van der Waals surface area (Å²) in [7, 11) is 0. The van der Waals surface area contributed by atoms with Crippen molar-refractivity contribution in [3.63, 3.8) is 0 Å². The SMILES string of the molecule is C=C(CC)CC(C)(CC(F)CC)C(C)C.CC. The fourth-order valence-electron chi connectivity index (χ4n) is 1.86. The van der Waals surface area contributed by atoms with Gasteiger partial charge in [-0.3, -0.25) is 0 Å². The second-order valence-electron chi connectivity index (χ2n) is 5.30. The van der Waals surface area contributed by atoms with Crippen molar-refractivity contribution in [2.75, 3.05) is 0 Å². The first-order valence-electron chi connectivity index (χ1n) is 7.16. The molecule has 0 aliphatic rings. The van der Waals surface area contributed by atoms with Crippen LogP contribution in [0.3, 0.4) is 0 Å². The minimum Gasteiger partial charge on any atom is -0.247 e. The van der Waals surface area contributed by atoms with Gasteiger partial charge in [-0.25, -0.2) is 4.39 Å². The van der Waals surface area contributed by atoms with Crippen molar-refractivity contribution in [1.29, 1.82) is 0 Å². The van der Waals surface area contributed by atoms with Gasteiger partial charge in [0.25, 0.3) is 0 Å². The highest BCUT2D eigenvalue weighted by molar-refractivity contribution is 5.00. The Balaban J connectivity index is 0. The van der Waals surface area contributed by atoms with Crippen LogP contribution in [0.15, 0.2) is 12.2 Å². The van der Waals surface area contributed by atoms with Gasteiger partial charge >= 0.3 is 0 Å². The predicted molar refractivity (Wildman–Crippen MR) is 78.1 cm³/mol. The third-order valence-electron chi connectivity index (χ3n) is 3.68. The number of hydrogen-bond donors (Lipinski definition) is 0. The van der Waals surface area contributed by atoms with Gasteiger partial charge in [0, 0.05) is 0 Å². The molecule has 0 N–H and O–H groups in total. The molecule has 0 amide bonds. The van der Waals surface area contributed by atoms with Gasteiger partial charge in [0.1, 0.15) is 6.17 Å². The summed E-state index contributed by atoms with van der Waals surface area (Å²) in [6, 6.07) is 0. The van der Waals surface area contributed by atoms with Crippen molar-refractivity contribution in [1.82, 2.24) is 0 Å². The third kappa shape index (κ3) is 7.57. The Morgan fingerprint density at radius 2 is 1.71 bits per heavy atom. The molecule has 0 spiro atoms. The molecule has 2 unspecified atom stereocenters. The summed E-state index contributed by atoms with van der Waals surface area (Å²) in [5, 5.41) is 0. The zero-order chi connectivity index (χ0) is 14.1. The summed E-state index contributed by atoms with van der Waals surface area (Å²) >= 11 is 0. The van der Waals surface area contributed by atoms with Crippen LogP contribution in [0, 0.1) is 11.3 Å². The molecule has 104 valence electrons. The van der Waals surface area contributed by atoms with Crippen LogP contribution in [0.25, 0.3) is 0 Å². The maximum atomic E-state index is 13.5. The number of rotatable bonds is 7. The van der Waals surface area contributed by atoms with Crippen LogP contribution >= 0.6 is 0 Å². The normalized spacial score (nSPS) is 15.8. The van der Waals surface area contributed by atoms with E-state index in [0.29, 0.717) is 18.8 Å². The lowest BCUT2D eigenvalue weighted by Crippen LogP contribution is -2.27. The van der Waals surface area contributed by atoms with Gasteiger partial charge in [0.2, 0.25) is 0 Å². The predicted octanol–water partition coefficient (Wildman–Crippen LogP) is 6.17. The lowest BCUT2D eigenvalue weighted by Gasteiger charge is -2.35. The van der Waals surface area contributed by atoms with Crippen LogP contribution in [0.4, 0.5) is 4.39 Å². The van der Waals surface area contributed by atoms with Crippen LogP contribution < -0.4 is 0 Å². The molecule has 0 radical (unpaired) electrons. The molecule has 0 aromatic rings. The number of alkyl halides is 1. The molecular formula is C16H33F. The molecule has 0 aliphatic heterocycles. The lowest BCUT2D eigenvalue weighted by atomic mass is 9.70. The Hall–Kier alpha value is -0.330. The zero-order valence-corrected chi connectivity index (χ0v) is 13.1. The maximum Gasteiger partial charge on any atom is 0.100 e. The van der Waals surface area contributed by atoms with Crippen molar-refractivity contribution in [2.45, 2.75) is 80.3 Å². The topological polar surface area (TPSA) is 0 Å². The molecule has 17 heavy (non-hydrogen) atoms. The molecule has 0 aliphatic carbocycles. The summed E-state index contributed by atoms with van der Waals surface area (Å²) in [5.41, 5.74) is 1.32. The summed E-state index contributed by atoms with van der Waals surface area (Å²) < 4.78 is 13.5. The summed E-state index contributed by atoms with van der Waals surface area (Å²) in [6.07, 6.45) is 2.59. The monoisotopic (exact) mass is 244 g/mol. The van der Waals surface area contributed by atoms with E-state index in [9.17, 15) is 4.39 Å². The minimum atomic E-state index is -0.665. The molecular weight excluding hydrogens is 211 g/mol. The zero-order valence-electron chi connectivity index (χ0n) is 13.1. The molecule has 0 saturated heterocycles. The fraction of sp³-hybridized carbons (Fsp3) is 0.875. The van der Waals surface area contributed by atoms with Gasteiger partial charge in [-0.15, -0.1) is 0 Å². The van der Waals surface area contributed by atoms with Gasteiger partial charge in [-0.1, -0.05) is 60.6 Å². The molecule has 0 rings (SSSR count). The van der Waals surface area contributed by atoms with E-state index in [1.807, 2.05) is 20.8 Å². The van der Waals surface area contributed by atoms with E-state index in [4.69, 9.17) is 0 Å². The molecule has 0 fully saturated rings. The first-order valence-corrected chi connectivity index (χ1v) is 7.16. The summed E-state index contributed by atoms with van der Waals surface area (Å²) in [6.45, 7) is 18.7. The number of allylic oxidation sites excluding steroid dienone is 1. The Morgan fingerprint density at radius 3 is 2.00 bits per heavy atom. The second kappa shape index (κ2) is 9.67. The number of hydrogen-bond acceptors (Lipinski definition) is 0. The van der Waals surface area contributed by atoms with Gasteiger partial charge in [-0.2, -0.15) is 0 Å². The van der Waals surface area contributed by atoms with Crippen LogP contribution in [0.2, 0.25) is 0 Å². The highest BCUT2D eigenvalue weighted by atomic mass is 19.1. The molecule has 0 saturated carbocycles. The Bertz CT molecular complexity index is 196. The second-order valence-corrected chi connectivity index (χ2v) is 5.30. The van der Waals surface area contributed by atoms with E-state index in [1.165, 1.54) is 5.57 Å². The van der Waals surface area contributed by atoms with Gasteiger partial charge in [0.15, 0.2) is 0 Å². The minimum absolute atomic E-state index is 0.0719. The van der Waals surface area contributed by atoms with Crippen LogP contribution in [-0.2, 0) is 0 Å². The van der Waals surface area contributed by atoms with Crippen molar-refractivity contribution in [3.05, 3.63) is 12.2 Å². The molecule has 0 bridgehead atoms. The Morgan fingerprint density at radius 1 is 1.24 bits per heavy atom. The van der Waals surface area contributed by atoms with Crippen molar-refractivity contribution in [2.24, 2.45) is 11.3 Å². The van der Waals surface area contributed by atoms with Crippen LogP contribution in [0.1, 0.15) is 74.1 Å². The average molecular weight is 244 g/mol. The Kier molecular flexibility index (Phi) is 10.8. The molecule has 0 nitrogen and oxygen atoms in total. The summed E-state index contributed by atoms with van der Waals surface area (Å²) in [5.74, 6) is 0.505. The highest BCUT2D eigenvalue weighted by Gasteiger charge is 2.31. The molecule has 0 aromatic carbocycles. The molecule has 0 heterocycles. The average Bonchev–Trinajstić information content (AvgIpc) is 2.30. The molecule has 2 atom stereocenters. The van der Waals surface area contributed by atoms with Gasteiger partial charge in [-0.05, 0) is 37.0 Å². The highest BCUT2D eigenvalue weighted by Crippen LogP contribution is 2.39. The van der Waals surface area contributed by atoms with E-state index >= 15 is 0 Å². The standard InChI is InChI=1S/C14H27F.C2H6/c1-7-12(5)9-14(6,11(3)4)10-13(15)8-2;1-2/h11,13H,5,7-10H2,1-4,6H3;1-2H3. The summed E-state index contributed by atoms with van der Waals surface area (Å²) in [4.78, 5) is 0. The molecule has 1 heteroatoms. The molecule has 0 aromatic heterocycles. The lowest BCUT2D eigenvalue weighted by molar-refractivity contribution is 0.132. The van der Waals surface area contributed by atoms with E-state index in [0.717, 1.165) is 12.8 Å². The van der Waals surface area contributed by atoms with Gasteiger partial charge < -0.3 is 0 Å². The smallest absolute Gasteiger partial charge is 0.100 e. The third-order valence-corrected chi connectivity index (χ3v) is 3.68. The fourth-order valence-corrected chi connectivity index (χ4v) is 1.86. The first-order chi connectivity index (χ1) is 7.85. The largest absolute Gasteiger partial charge is 0.247 e. The maximum absolute atomic E-state index is 13.5. The van der Waals surface area contributed by atoms with E-state index in [1.54, 1.807) is 0 Å². The van der Waals surface area contributed by atoms with Crippen molar-refractivity contribution >= 4 is 0 Å². The van der Waals surface area contributed by atoms with Gasteiger partial charge in [0.05, 0.1) is 0 Å². The van der Waals surface area contributed by atoms with Crippen molar-refractivity contribution < 1.29 is 4.39 Å². The van der Waals surface area contributed by atoms with Crippen LogP contribution in [-0.4, -0.2) is 6.17 Å². The van der Waals surface area contributed by atoms with Crippen LogP contribution in [0.5, 0.6) is 0 Å². The first kappa shape index (κ1) is 19.0.